The van der Waals surface area contributed by atoms with Gasteiger partial charge in [0.15, 0.2) is 0 Å². The molecule has 0 aromatic heterocycles. The number of aliphatic hydroxyl groups excluding tert-OH is 1. The molecule has 1 heterocycles. The van der Waals surface area contributed by atoms with Gasteiger partial charge in [0.05, 0.1) is 13.2 Å². The first-order valence-electron chi connectivity index (χ1n) is 11.7. The van der Waals surface area contributed by atoms with Crippen LogP contribution in [0.25, 0.3) is 5.57 Å². The fraction of sp³-hybridized carbons (Fsp3) is 0.625. The van der Waals surface area contributed by atoms with Crippen LogP contribution < -0.4 is 10.1 Å². The van der Waals surface area contributed by atoms with E-state index in [2.05, 4.69) is 11.4 Å². The lowest BCUT2D eigenvalue weighted by molar-refractivity contribution is 0.0809. The SMILES string of the molecule is CC(C)NC(=O)N(C)C[C@H]1Oc2cc(C3=CCCC3)ccc2S(=O)(=O)N([C@@H](C)CO)C[C@H]1C. The molecule has 0 bridgehead atoms. The van der Waals surface area contributed by atoms with Crippen LogP contribution in [0.3, 0.4) is 0 Å². The van der Waals surface area contributed by atoms with E-state index in [1.54, 1.807) is 24.9 Å². The molecule has 2 amide bonds. The zero-order chi connectivity index (χ0) is 24.3. The first-order chi connectivity index (χ1) is 15.5. The van der Waals surface area contributed by atoms with Gasteiger partial charge in [-0.15, -0.1) is 0 Å². The van der Waals surface area contributed by atoms with E-state index < -0.39 is 22.2 Å². The molecule has 1 aliphatic carbocycles. The highest BCUT2D eigenvalue weighted by Crippen LogP contribution is 2.37. The Bertz CT molecular complexity index is 992. The normalized spacial score (nSPS) is 23.7. The number of amides is 2. The summed E-state index contributed by atoms with van der Waals surface area (Å²) in [5.41, 5.74) is 2.15. The number of urea groups is 1. The van der Waals surface area contributed by atoms with Crippen LogP contribution in [0.1, 0.15) is 52.5 Å². The van der Waals surface area contributed by atoms with Gasteiger partial charge in [-0.1, -0.05) is 19.1 Å². The number of hydrogen-bond acceptors (Lipinski definition) is 5. The van der Waals surface area contributed by atoms with E-state index >= 15 is 0 Å². The molecule has 3 atom stereocenters. The molecule has 0 saturated heterocycles. The van der Waals surface area contributed by atoms with Crippen molar-refractivity contribution in [2.24, 2.45) is 5.92 Å². The maximum Gasteiger partial charge on any atom is 0.317 e. The van der Waals surface area contributed by atoms with Gasteiger partial charge in [0.2, 0.25) is 10.0 Å². The molecule has 33 heavy (non-hydrogen) atoms. The number of ether oxygens (including phenoxy) is 1. The first-order valence-corrected chi connectivity index (χ1v) is 13.1. The number of nitrogens with zero attached hydrogens (tertiary/aromatic N) is 2. The van der Waals surface area contributed by atoms with Gasteiger partial charge in [0.1, 0.15) is 16.7 Å². The zero-order valence-corrected chi connectivity index (χ0v) is 21.1. The topological polar surface area (TPSA) is 99.2 Å². The molecule has 0 saturated carbocycles. The van der Waals surface area contributed by atoms with Gasteiger partial charge in [-0.3, -0.25) is 0 Å². The van der Waals surface area contributed by atoms with Gasteiger partial charge in [-0.25, -0.2) is 13.2 Å². The van der Waals surface area contributed by atoms with E-state index in [0.29, 0.717) is 12.3 Å². The number of aliphatic hydroxyl groups is 1. The third-order valence-electron chi connectivity index (χ3n) is 6.29. The molecule has 0 fully saturated rings. The minimum Gasteiger partial charge on any atom is -0.487 e. The number of carbonyl (C=O) groups is 1. The average molecular weight is 480 g/mol. The van der Waals surface area contributed by atoms with Crippen LogP contribution in [0.2, 0.25) is 0 Å². The highest BCUT2D eigenvalue weighted by molar-refractivity contribution is 7.89. The highest BCUT2D eigenvalue weighted by Gasteiger charge is 2.38. The van der Waals surface area contributed by atoms with Crippen molar-refractivity contribution in [3.05, 3.63) is 29.8 Å². The van der Waals surface area contributed by atoms with E-state index in [1.165, 1.54) is 9.88 Å². The second-order valence-electron chi connectivity index (χ2n) is 9.51. The second kappa shape index (κ2) is 10.4. The van der Waals surface area contributed by atoms with Gasteiger partial charge >= 0.3 is 6.03 Å². The molecule has 8 nitrogen and oxygen atoms in total. The third-order valence-corrected chi connectivity index (χ3v) is 8.31. The predicted octanol–water partition coefficient (Wildman–Crippen LogP) is 3.07. The third kappa shape index (κ3) is 5.70. The molecule has 9 heteroatoms. The average Bonchev–Trinajstić information content (AvgIpc) is 3.29. The molecule has 2 N–H and O–H groups in total. The van der Waals surface area contributed by atoms with Crippen molar-refractivity contribution in [2.75, 3.05) is 26.7 Å². The molecule has 3 rings (SSSR count). The Kier molecular flexibility index (Phi) is 8.08. The summed E-state index contributed by atoms with van der Waals surface area (Å²) in [6, 6.07) is 4.47. The summed E-state index contributed by atoms with van der Waals surface area (Å²) in [6.07, 6.45) is 4.81. The number of carbonyl (C=O) groups excluding carboxylic acids is 1. The number of benzene rings is 1. The fourth-order valence-electron chi connectivity index (χ4n) is 4.29. The summed E-state index contributed by atoms with van der Waals surface area (Å²) >= 11 is 0. The van der Waals surface area contributed by atoms with Gasteiger partial charge in [0, 0.05) is 31.6 Å². The van der Waals surface area contributed by atoms with E-state index in [-0.39, 0.29) is 36.0 Å². The van der Waals surface area contributed by atoms with E-state index in [1.807, 2.05) is 32.9 Å². The van der Waals surface area contributed by atoms with Crippen LogP contribution in [0.15, 0.2) is 29.2 Å². The molecule has 0 unspecified atom stereocenters. The smallest absolute Gasteiger partial charge is 0.317 e. The van der Waals surface area contributed by atoms with Gasteiger partial charge < -0.3 is 20.1 Å². The number of rotatable bonds is 6. The minimum absolute atomic E-state index is 0.00429. The summed E-state index contributed by atoms with van der Waals surface area (Å²) in [4.78, 5) is 14.2. The molecule has 1 aliphatic heterocycles. The Hall–Kier alpha value is -2.10. The zero-order valence-electron chi connectivity index (χ0n) is 20.2. The Morgan fingerprint density at radius 3 is 2.67 bits per heavy atom. The molecule has 2 aliphatic rings. The number of fused-ring (bicyclic) bond motifs is 1. The maximum absolute atomic E-state index is 13.6. The summed E-state index contributed by atoms with van der Waals surface area (Å²) in [5.74, 6) is 0.0789. The monoisotopic (exact) mass is 479 g/mol. The molecular weight excluding hydrogens is 442 g/mol. The van der Waals surface area contributed by atoms with Crippen molar-refractivity contribution in [1.29, 1.82) is 0 Å². The quantitative estimate of drug-likeness (QED) is 0.653. The second-order valence-corrected chi connectivity index (χ2v) is 11.4. The van der Waals surface area contributed by atoms with E-state index in [9.17, 15) is 18.3 Å². The standard InChI is InChI=1S/C24H37N3O5S/c1-16(2)25-24(29)26(5)14-22-17(3)13-27(18(4)15-28)33(30,31)23-11-10-20(12-21(23)32-22)19-8-6-7-9-19/h8,10-12,16-18,22,28H,6-7,9,13-15H2,1-5H3,(H,25,29)/t17-,18+,22-/m1/s1. The van der Waals surface area contributed by atoms with Gasteiger partial charge in [-0.2, -0.15) is 4.31 Å². The van der Waals surface area contributed by atoms with Crippen LogP contribution in [0.4, 0.5) is 4.79 Å². The molecular formula is C24H37N3O5S. The van der Waals surface area contributed by atoms with Crippen molar-refractivity contribution >= 4 is 21.6 Å². The van der Waals surface area contributed by atoms with Crippen molar-refractivity contribution in [3.8, 4) is 5.75 Å². The lowest BCUT2D eigenvalue weighted by Crippen LogP contribution is -2.51. The summed E-state index contributed by atoms with van der Waals surface area (Å²) in [7, 11) is -2.17. The summed E-state index contributed by atoms with van der Waals surface area (Å²) in [5, 5.41) is 12.6. The number of nitrogens with one attached hydrogen (secondary N) is 1. The number of sulfonamides is 1. The molecule has 1 aromatic carbocycles. The van der Waals surface area contributed by atoms with Gasteiger partial charge in [0.25, 0.3) is 0 Å². The predicted molar refractivity (Wildman–Crippen MR) is 129 cm³/mol. The highest BCUT2D eigenvalue weighted by atomic mass is 32.2. The Labute approximate surface area is 197 Å². The van der Waals surface area contributed by atoms with Crippen LogP contribution >= 0.6 is 0 Å². The molecule has 0 spiro atoms. The van der Waals surface area contributed by atoms with Crippen molar-refractivity contribution in [2.45, 2.75) is 70.0 Å². The minimum atomic E-state index is -3.88. The number of hydrogen-bond donors (Lipinski definition) is 2. The Morgan fingerprint density at radius 1 is 1.33 bits per heavy atom. The Balaban J connectivity index is 2.02. The largest absolute Gasteiger partial charge is 0.487 e. The molecule has 1 aromatic rings. The van der Waals surface area contributed by atoms with Crippen LogP contribution in [-0.4, -0.2) is 73.7 Å². The van der Waals surface area contributed by atoms with Crippen LogP contribution in [-0.2, 0) is 10.0 Å². The maximum atomic E-state index is 13.6. The van der Waals surface area contributed by atoms with Crippen molar-refractivity contribution in [3.63, 3.8) is 0 Å². The summed E-state index contributed by atoms with van der Waals surface area (Å²) < 4.78 is 34.8. The fourth-order valence-corrected chi connectivity index (χ4v) is 6.11. The number of allylic oxidation sites excluding steroid dienone is 2. The first kappa shape index (κ1) is 25.5. The van der Waals surface area contributed by atoms with Crippen molar-refractivity contribution in [1.82, 2.24) is 14.5 Å². The Morgan fingerprint density at radius 2 is 2.06 bits per heavy atom. The van der Waals surface area contributed by atoms with Crippen LogP contribution in [0.5, 0.6) is 5.75 Å². The van der Waals surface area contributed by atoms with E-state index in [0.717, 1.165) is 24.8 Å². The lowest BCUT2D eigenvalue weighted by Gasteiger charge is -2.37. The van der Waals surface area contributed by atoms with Crippen molar-refractivity contribution < 1.29 is 23.1 Å². The number of likely N-dealkylation sites (N-methyl/N-ethyl adjacent to an activating group) is 1. The lowest BCUT2D eigenvalue weighted by atomic mass is 10.0. The van der Waals surface area contributed by atoms with Crippen LogP contribution in [0, 0.1) is 5.92 Å². The molecule has 184 valence electrons. The van der Waals surface area contributed by atoms with E-state index in [4.69, 9.17) is 4.74 Å². The summed E-state index contributed by atoms with van der Waals surface area (Å²) in [6.45, 7) is 7.61. The van der Waals surface area contributed by atoms with Gasteiger partial charge in [-0.05, 0) is 63.3 Å². The molecule has 0 radical (unpaired) electrons.